The second-order valence-electron chi connectivity index (χ2n) is 9.37. The minimum Gasteiger partial charge on any atom is -0.480 e. The topological polar surface area (TPSA) is 76.1 Å². The fraction of sp³-hybridized carbons (Fsp3) is 0.636. The van der Waals surface area contributed by atoms with E-state index < -0.39 is 17.2 Å². The molecule has 160 valence electrons. The maximum Gasteiger partial charge on any atom is 0.410 e. The monoisotopic (exact) mass is 467 g/mol. The number of nitrogens with zero attached hydrogens (tertiary/aromatic N) is 1. The first-order valence-electron chi connectivity index (χ1n) is 10.1. The normalized spacial score (nSPS) is 27.2. The number of carbonyl (C=O) groups is 2. The van der Waals surface area contributed by atoms with Crippen molar-refractivity contribution in [1.82, 2.24) is 4.90 Å². The summed E-state index contributed by atoms with van der Waals surface area (Å²) in [5.74, 6) is -0.971. The molecule has 0 aromatic heterocycles. The SMILES string of the molecule is CC(C)(C)OC(=O)N1CCCC2(CCC(OCC(=O)O)(c3ccc(Br)cc3)C2)C1. The molecular formula is C22H30BrNO5. The van der Waals surface area contributed by atoms with Gasteiger partial charge in [0.25, 0.3) is 0 Å². The Morgan fingerprint density at radius 1 is 1.17 bits per heavy atom. The highest BCUT2D eigenvalue weighted by molar-refractivity contribution is 9.10. The van der Waals surface area contributed by atoms with Crippen LogP contribution in [-0.2, 0) is 19.9 Å². The summed E-state index contributed by atoms with van der Waals surface area (Å²) in [5, 5.41) is 9.20. The van der Waals surface area contributed by atoms with Crippen LogP contribution in [0.25, 0.3) is 0 Å². The lowest BCUT2D eigenvalue weighted by atomic mass is 9.76. The Kier molecular flexibility index (Phi) is 6.30. The smallest absolute Gasteiger partial charge is 0.410 e. The summed E-state index contributed by atoms with van der Waals surface area (Å²) in [7, 11) is 0. The second kappa shape index (κ2) is 8.26. The molecule has 2 aliphatic rings. The minimum atomic E-state index is -0.971. The van der Waals surface area contributed by atoms with Gasteiger partial charge < -0.3 is 19.5 Å². The summed E-state index contributed by atoms with van der Waals surface area (Å²) >= 11 is 3.46. The number of aliphatic carboxylic acids is 1. The van der Waals surface area contributed by atoms with E-state index in [1.807, 2.05) is 49.9 Å². The summed E-state index contributed by atoms with van der Waals surface area (Å²) in [6, 6.07) is 7.92. The molecule has 1 N–H and O–H groups in total. The van der Waals surface area contributed by atoms with Gasteiger partial charge in [0, 0.05) is 17.6 Å². The van der Waals surface area contributed by atoms with Gasteiger partial charge in [-0.15, -0.1) is 0 Å². The van der Waals surface area contributed by atoms with E-state index in [4.69, 9.17) is 9.47 Å². The number of carboxylic acid groups (broad SMARTS) is 1. The molecule has 1 heterocycles. The summed E-state index contributed by atoms with van der Waals surface area (Å²) in [6.45, 7) is 6.60. The van der Waals surface area contributed by atoms with Crippen LogP contribution in [0.3, 0.4) is 0 Å². The Morgan fingerprint density at radius 2 is 1.86 bits per heavy atom. The largest absolute Gasteiger partial charge is 0.480 e. The van der Waals surface area contributed by atoms with Gasteiger partial charge in [-0.2, -0.15) is 0 Å². The van der Waals surface area contributed by atoms with Crippen molar-refractivity contribution in [2.75, 3.05) is 19.7 Å². The Balaban J connectivity index is 1.81. The second-order valence-corrected chi connectivity index (χ2v) is 10.3. The molecule has 7 heteroatoms. The minimum absolute atomic E-state index is 0.0826. The number of halogens is 1. The van der Waals surface area contributed by atoms with Crippen LogP contribution in [0.5, 0.6) is 0 Å². The number of likely N-dealkylation sites (tertiary alicyclic amines) is 1. The molecule has 6 nitrogen and oxygen atoms in total. The fourth-order valence-electron chi connectivity index (χ4n) is 4.69. The van der Waals surface area contributed by atoms with E-state index >= 15 is 0 Å². The molecule has 29 heavy (non-hydrogen) atoms. The first kappa shape index (κ1) is 22.1. The van der Waals surface area contributed by atoms with Crippen LogP contribution in [0.1, 0.15) is 58.4 Å². The van der Waals surface area contributed by atoms with Crippen LogP contribution in [0.15, 0.2) is 28.7 Å². The van der Waals surface area contributed by atoms with E-state index in [9.17, 15) is 14.7 Å². The van der Waals surface area contributed by atoms with Crippen LogP contribution in [0, 0.1) is 5.41 Å². The average molecular weight is 468 g/mol. The lowest BCUT2D eigenvalue weighted by Crippen LogP contribution is -2.47. The van der Waals surface area contributed by atoms with Crippen molar-refractivity contribution >= 4 is 28.0 Å². The van der Waals surface area contributed by atoms with Crippen molar-refractivity contribution in [3.05, 3.63) is 34.3 Å². The molecule has 1 amide bonds. The van der Waals surface area contributed by atoms with Crippen molar-refractivity contribution < 1.29 is 24.2 Å². The maximum atomic E-state index is 12.6. The molecule has 2 fully saturated rings. The number of benzene rings is 1. The number of ether oxygens (including phenoxy) is 2. The average Bonchev–Trinajstić information content (AvgIpc) is 2.98. The molecule has 2 unspecified atom stereocenters. The van der Waals surface area contributed by atoms with Gasteiger partial charge in [-0.25, -0.2) is 9.59 Å². The number of piperidine rings is 1. The molecule has 1 aliphatic carbocycles. The van der Waals surface area contributed by atoms with Crippen LogP contribution < -0.4 is 0 Å². The molecule has 1 aliphatic heterocycles. The first-order chi connectivity index (χ1) is 13.5. The standard InChI is InChI=1S/C22H30BrNO5/c1-20(2,3)29-19(27)24-12-4-9-21(15-24)10-11-22(14-21,28-13-18(25)26)16-5-7-17(23)8-6-16/h5-8H,4,9-15H2,1-3H3,(H,25,26). The highest BCUT2D eigenvalue weighted by atomic mass is 79.9. The summed E-state index contributed by atoms with van der Waals surface area (Å²) in [5.41, 5.74) is -0.256. The van der Waals surface area contributed by atoms with Gasteiger partial charge in [0.15, 0.2) is 0 Å². The van der Waals surface area contributed by atoms with Gasteiger partial charge in [0.2, 0.25) is 0 Å². The summed E-state index contributed by atoms with van der Waals surface area (Å²) in [6.07, 6.45) is 3.97. The Morgan fingerprint density at radius 3 is 2.48 bits per heavy atom. The van der Waals surface area contributed by atoms with E-state index in [1.54, 1.807) is 0 Å². The fourth-order valence-corrected chi connectivity index (χ4v) is 4.96. The number of hydrogen-bond acceptors (Lipinski definition) is 4. The number of amides is 1. The molecule has 1 spiro atoms. The van der Waals surface area contributed by atoms with Crippen LogP contribution >= 0.6 is 15.9 Å². The molecule has 1 saturated heterocycles. The Hall–Kier alpha value is -1.60. The van der Waals surface area contributed by atoms with Crippen molar-refractivity contribution in [2.24, 2.45) is 5.41 Å². The Labute approximate surface area is 180 Å². The maximum absolute atomic E-state index is 12.6. The van der Waals surface area contributed by atoms with E-state index in [0.717, 1.165) is 35.7 Å². The van der Waals surface area contributed by atoms with E-state index in [0.29, 0.717) is 19.5 Å². The number of carbonyl (C=O) groups excluding carboxylic acids is 1. The zero-order valence-electron chi connectivity index (χ0n) is 17.4. The van der Waals surface area contributed by atoms with E-state index in [2.05, 4.69) is 15.9 Å². The quantitative estimate of drug-likeness (QED) is 0.677. The van der Waals surface area contributed by atoms with Gasteiger partial charge in [-0.05, 0) is 76.0 Å². The predicted molar refractivity (Wildman–Crippen MR) is 113 cm³/mol. The first-order valence-corrected chi connectivity index (χ1v) is 10.9. The molecule has 1 aromatic carbocycles. The van der Waals surface area contributed by atoms with Gasteiger partial charge >= 0.3 is 12.1 Å². The van der Waals surface area contributed by atoms with Crippen LogP contribution in [-0.4, -0.2) is 47.4 Å². The van der Waals surface area contributed by atoms with Crippen molar-refractivity contribution in [2.45, 2.75) is 64.1 Å². The molecule has 1 saturated carbocycles. The van der Waals surface area contributed by atoms with E-state index in [1.165, 1.54) is 0 Å². The molecule has 0 bridgehead atoms. The zero-order valence-corrected chi connectivity index (χ0v) is 19.0. The third-order valence-electron chi connectivity index (χ3n) is 5.88. The third-order valence-corrected chi connectivity index (χ3v) is 6.40. The van der Waals surface area contributed by atoms with Crippen LogP contribution in [0.2, 0.25) is 0 Å². The summed E-state index contributed by atoms with van der Waals surface area (Å²) < 4.78 is 12.6. The molecule has 0 radical (unpaired) electrons. The highest BCUT2D eigenvalue weighted by Gasteiger charge is 2.52. The molecule has 1 aromatic rings. The Bertz CT molecular complexity index is 759. The van der Waals surface area contributed by atoms with Gasteiger partial charge in [0.05, 0.1) is 5.60 Å². The zero-order chi connectivity index (χ0) is 21.3. The van der Waals surface area contributed by atoms with Crippen molar-refractivity contribution in [3.8, 4) is 0 Å². The third kappa shape index (κ3) is 5.31. The lowest BCUT2D eigenvalue weighted by Gasteiger charge is -2.42. The molecular weight excluding hydrogens is 438 g/mol. The molecule has 2 atom stereocenters. The summed E-state index contributed by atoms with van der Waals surface area (Å²) in [4.78, 5) is 25.7. The number of hydrogen-bond donors (Lipinski definition) is 1. The number of carboxylic acids is 1. The van der Waals surface area contributed by atoms with E-state index in [-0.39, 0.29) is 18.1 Å². The number of rotatable bonds is 4. The molecule has 3 rings (SSSR count). The van der Waals surface area contributed by atoms with Gasteiger partial charge in [-0.1, -0.05) is 28.1 Å². The van der Waals surface area contributed by atoms with Crippen molar-refractivity contribution in [1.29, 1.82) is 0 Å². The predicted octanol–water partition coefficient (Wildman–Crippen LogP) is 4.95. The van der Waals surface area contributed by atoms with Gasteiger partial charge in [-0.3, -0.25) is 0 Å². The lowest BCUT2D eigenvalue weighted by molar-refractivity contribution is -0.151. The van der Waals surface area contributed by atoms with Crippen LogP contribution in [0.4, 0.5) is 4.79 Å². The van der Waals surface area contributed by atoms with Crippen molar-refractivity contribution in [3.63, 3.8) is 0 Å². The highest BCUT2D eigenvalue weighted by Crippen LogP contribution is 2.55. The van der Waals surface area contributed by atoms with Gasteiger partial charge in [0.1, 0.15) is 12.2 Å².